The molecule has 1 aromatic heterocycles. The summed E-state index contributed by atoms with van der Waals surface area (Å²) in [4.78, 5) is 6.95. The summed E-state index contributed by atoms with van der Waals surface area (Å²) >= 11 is 1.66. The number of sulfonamides is 1. The van der Waals surface area contributed by atoms with Crippen molar-refractivity contribution in [2.75, 3.05) is 32.4 Å². The fourth-order valence-electron chi connectivity index (χ4n) is 2.54. The van der Waals surface area contributed by atoms with Crippen LogP contribution in [0.2, 0.25) is 0 Å². The molecule has 118 valence electrons. The summed E-state index contributed by atoms with van der Waals surface area (Å²) in [7, 11) is -3.06. The molecule has 0 aliphatic carbocycles. The molecule has 0 bridgehead atoms. The smallest absolute Gasteiger partial charge is 0.211 e. The van der Waals surface area contributed by atoms with Crippen LogP contribution >= 0.6 is 11.3 Å². The lowest BCUT2D eigenvalue weighted by Gasteiger charge is -2.32. The van der Waals surface area contributed by atoms with E-state index in [1.165, 1.54) is 6.26 Å². The van der Waals surface area contributed by atoms with Crippen molar-refractivity contribution in [3.63, 3.8) is 0 Å². The highest BCUT2D eigenvalue weighted by Crippen LogP contribution is 2.22. The van der Waals surface area contributed by atoms with Crippen molar-refractivity contribution in [2.24, 2.45) is 0 Å². The Balaban J connectivity index is 1.60. The first-order valence-corrected chi connectivity index (χ1v) is 9.92. The van der Waals surface area contributed by atoms with Crippen molar-refractivity contribution >= 4 is 21.4 Å². The minimum atomic E-state index is -3.06. The quantitative estimate of drug-likeness (QED) is 0.855. The van der Waals surface area contributed by atoms with Crippen LogP contribution in [0.1, 0.15) is 5.01 Å². The second-order valence-corrected chi connectivity index (χ2v) is 8.36. The van der Waals surface area contributed by atoms with Crippen LogP contribution in [0.5, 0.6) is 0 Å². The normalized spacial score (nSPS) is 17.7. The summed E-state index contributed by atoms with van der Waals surface area (Å²) in [6, 6.07) is 10.1. The van der Waals surface area contributed by atoms with Gasteiger partial charge in [0.1, 0.15) is 5.01 Å². The predicted octanol–water partition coefficient (Wildman–Crippen LogP) is 1.89. The van der Waals surface area contributed by atoms with Gasteiger partial charge in [0.15, 0.2) is 0 Å². The minimum Gasteiger partial charge on any atom is -0.294 e. The highest BCUT2D eigenvalue weighted by molar-refractivity contribution is 7.88. The van der Waals surface area contributed by atoms with Crippen LogP contribution in [0.15, 0.2) is 35.7 Å². The first kappa shape index (κ1) is 15.6. The maximum atomic E-state index is 11.5. The van der Waals surface area contributed by atoms with Gasteiger partial charge in [0.2, 0.25) is 10.0 Å². The van der Waals surface area contributed by atoms with Gasteiger partial charge in [-0.05, 0) is 0 Å². The first-order valence-electron chi connectivity index (χ1n) is 7.20. The lowest BCUT2D eigenvalue weighted by molar-refractivity contribution is 0.182. The van der Waals surface area contributed by atoms with Gasteiger partial charge in [-0.1, -0.05) is 30.3 Å². The number of nitrogens with zero attached hydrogens (tertiary/aromatic N) is 3. The Morgan fingerprint density at radius 3 is 2.45 bits per heavy atom. The molecule has 1 aliphatic rings. The molecule has 2 aromatic rings. The Morgan fingerprint density at radius 1 is 1.14 bits per heavy atom. The van der Waals surface area contributed by atoms with Gasteiger partial charge in [0, 0.05) is 37.1 Å². The number of rotatable bonds is 4. The molecule has 5 nitrogen and oxygen atoms in total. The van der Waals surface area contributed by atoms with Gasteiger partial charge in [0.25, 0.3) is 0 Å². The highest BCUT2D eigenvalue weighted by Gasteiger charge is 2.23. The fourth-order valence-corrected chi connectivity index (χ4v) is 4.21. The minimum absolute atomic E-state index is 0.565. The first-order chi connectivity index (χ1) is 10.5. The van der Waals surface area contributed by atoms with Crippen molar-refractivity contribution < 1.29 is 8.42 Å². The third-order valence-corrected chi connectivity index (χ3v) is 5.92. The van der Waals surface area contributed by atoms with E-state index in [0.29, 0.717) is 13.1 Å². The Morgan fingerprint density at radius 2 is 1.82 bits per heavy atom. The monoisotopic (exact) mass is 337 g/mol. The van der Waals surface area contributed by atoms with Crippen LogP contribution in [0.3, 0.4) is 0 Å². The van der Waals surface area contributed by atoms with E-state index in [2.05, 4.69) is 27.4 Å². The number of aromatic nitrogens is 1. The van der Waals surface area contributed by atoms with E-state index in [0.717, 1.165) is 35.9 Å². The second-order valence-electron chi connectivity index (χ2n) is 5.43. The van der Waals surface area contributed by atoms with Gasteiger partial charge in [-0.15, -0.1) is 11.3 Å². The van der Waals surface area contributed by atoms with E-state index in [-0.39, 0.29) is 0 Å². The van der Waals surface area contributed by atoms with E-state index < -0.39 is 10.0 Å². The summed E-state index contributed by atoms with van der Waals surface area (Å²) in [6.45, 7) is 3.43. The molecule has 1 saturated heterocycles. The van der Waals surface area contributed by atoms with Crippen molar-refractivity contribution in [3.8, 4) is 11.3 Å². The third kappa shape index (κ3) is 3.73. The van der Waals surface area contributed by atoms with Crippen molar-refractivity contribution in [2.45, 2.75) is 6.54 Å². The molecule has 0 radical (unpaired) electrons. The van der Waals surface area contributed by atoms with Crippen LogP contribution in [0, 0.1) is 0 Å². The summed E-state index contributed by atoms with van der Waals surface area (Å²) in [5.41, 5.74) is 2.14. The fraction of sp³-hybridized carbons (Fsp3) is 0.400. The maximum Gasteiger partial charge on any atom is 0.211 e. The molecule has 0 amide bonds. The molecule has 1 fully saturated rings. The molecule has 7 heteroatoms. The predicted molar refractivity (Wildman–Crippen MR) is 89.2 cm³/mol. The van der Waals surface area contributed by atoms with Crippen LogP contribution < -0.4 is 0 Å². The summed E-state index contributed by atoms with van der Waals surface area (Å²) < 4.78 is 24.6. The van der Waals surface area contributed by atoms with Crippen LogP contribution in [-0.4, -0.2) is 55.0 Å². The molecule has 1 aromatic carbocycles. The van der Waals surface area contributed by atoms with Crippen LogP contribution in [0.4, 0.5) is 0 Å². The van der Waals surface area contributed by atoms with Crippen LogP contribution in [0.25, 0.3) is 11.3 Å². The van der Waals surface area contributed by atoms with E-state index in [1.807, 2.05) is 18.2 Å². The van der Waals surface area contributed by atoms with Crippen LogP contribution in [-0.2, 0) is 16.6 Å². The van der Waals surface area contributed by atoms with Gasteiger partial charge in [0.05, 0.1) is 18.5 Å². The topological polar surface area (TPSA) is 53.5 Å². The SMILES string of the molecule is CS(=O)(=O)N1CCN(Cc2nc(-c3ccccc3)cs2)CC1. The third-order valence-electron chi connectivity index (χ3n) is 3.78. The summed E-state index contributed by atoms with van der Waals surface area (Å²) in [5, 5.41) is 3.16. The largest absolute Gasteiger partial charge is 0.294 e. The molecule has 0 atom stereocenters. The Labute approximate surface area is 135 Å². The average Bonchev–Trinajstić information content (AvgIpc) is 2.96. The summed E-state index contributed by atoms with van der Waals surface area (Å²) in [5.74, 6) is 0. The lowest BCUT2D eigenvalue weighted by atomic mass is 10.2. The van der Waals surface area contributed by atoms with E-state index in [4.69, 9.17) is 0 Å². The van der Waals surface area contributed by atoms with Crippen molar-refractivity contribution in [1.82, 2.24) is 14.2 Å². The number of hydrogen-bond donors (Lipinski definition) is 0. The Kier molecular flexibility index (Phi) is 4.58. The van der Waals surface area contributed by atoms with Gasteiger partial charge in [-0.2, -0.15) is 4.31 Å². The van der Waals surface area contributed by atoms with Gasteiger partial charge in [-0.3, -0.25) is 4.90 Å². The molecule has 22 heavy (non-hydrogen) atoms. The molecule has 0 spiro atoms. The molecule has 0 saturated carbocycles. The number of thiazole rings is 1. The number of hydrogen-bond acceptors (Lipinski definition) is 5. The van der Waals surface area contributed by atoms with Gasteiger partial charge >= 0.3 is 0 Å². The van der Waals surface area contributed by atoms with Gasteiger partial charge < -0.3 is 0 Å². The Bertz CT molecular complexity index is 720. The van der Waals surface area contributed by atoms with Gasteiger partial charge in [-0.25, -0.2) is 13.4 Å². The average molecular weight is 337 g/mol. The zero-order valence-corrected chi connectivity index (χ0v) is 14.1. The van der Waals surface area contributed by atoms with E-state index in [1.54, 1.807) is 15.6 Å². The van der Waals surface area contributed by atoms with E-state index in [9.17, 15) is 8.42 Å². The number of piperazine rings is 1. The molecular formula is C15H19N3O2S2. The highest BCUT2D eigenvalue weighted by atomic mass is 32.2. The Hall–Kier alpha value is -1.28. The molecule has 0 unspecified atom stereocenters. The number of benzene rings is 1. The van der Waals surface area contributed by atoms with E-state index >= 15 is 0 Å². The zero-order valence-electron chi connectivity index (χ0n) is 12.5. The second kappa shape index (κ2) is 6.45. The molecule has 0 N–H and O–H groups in total. The maximum absolute atomic E-state index is 11.5. The molecule has 1 aliphatic heterocycles. The molecule has 2 heterocycles. The summed E-state index contributed by atoms with van der Waals surface area (Å²) in [6.07, 6.45) is 1.27. The molecular weight excluding hydrogens is 318 g/mol. The zero-order chi connectivity index (χ0) is 15.6. The van der Waals surface area contributed by atoms with Crippen molar-refractivity contribution in [3.05, 3.63) is 40.7 Å². The molecule has 3 rings (SSSR count). The standard InChI is InChI=1S/C15H19N3O2S2/c1-22(19,20)18-9-7-17(8-10-18)11-15-16-14(12-21-15)13-5-3-2-4-6-13/h2-6,12H,7-11H2,1H3. The van der Waals surface area contributed by atoms with Crippen molar-refractivity contribution in [1.29, 1.82) is 0 Å². The lowest BCUT2D eigenvalue weighted by Crippen LogP contribution is -2.47.